The van der Waals surface area contributed by atoms with Gasteiger partial charge in [-0.05, 0) is 25.0 Å². The third-order valence-electron chi connectivity index (χ3n) is 2.65. The Bertz CT molecular complexity index is 440. The van der Waals surface area contributed by atoms with Crippen molar-refractivity contribution in [2.75, 3.05) is 0 Å². The van der Waals surface area contributed by atoms with Crippen molar-refractivity contribution in [2.24, 2.45) is 0 Å². The molecule has 0 unspecified atom stereocenters. The van der Waals surface area contributed by atoms with Gasteiger partial charge in [-0.3, -0.25) is 0 Å². The first-order valence-electron chi connectivity index (χ1n) is 4.82. The number of aromatic nitrogens is 1. The highest BCUT2D eigenvalue weighted by Gasteiger charge is 2.41. The molecule has 2 nitrogen and oxygen atoms in total. The van der Waals surface area contributed by atoms with Crippen molar-refractivity contribution in [2.45, 2.75) is 24.9 Å². The Hall–Kier alpha value is -0.930. The van der Waals surface area contributed by atoms with Crippen molar-refractivity contribution in [3.8, 4) is 0 Å². The number of hydrogen-bond donors (Lipinski definition) is 1. The molecular weight excluding hydrogens is 194 g/mol. The summed E-state index contributed by atoms with van der Waals surface area (Å²) in [6.07, 6.45) is 2.60. The van der Waals surface area contributed by atoms with E-state index in [0.29, 0.717) is 0 Å². The van der Waals surface area contributed by atoms with Crippen LogP contribution in [-0.2, 0) is 6.42 Å². The number of aliphatic hydroxyl groups is 1. The lowest BCUT2D eigenvalue weighted by Crippen LogP contribution is -2.09. The molecule has 0 amide bonds. The Morgan fingerprint density at radius 3 is 2.86 bits per heavy atom. The monoisotopic (exact) mass is 205 g/mol. The molecule has 3 heteroatoms. The van der Waals surface area contributed by atoms with Crippen LogP contribution in [0.15, 0.2) is 24.3 Å². The molecule has 1 saturated carbocycles. The Labute approximate surface area is 86.2 Å². The molecule has 1 aliphatic carbocycles. The molecule has 1 aromatic heterocycles. The van der Waals surface area contributed by atoms with Crippen LogP contribution in [0, 0.1) is 0 Å². The van der Waals surface area contributed by atoms with Crippen LogP contribution in [0.5, 0.6) is 0 Å². The van der Waals surface area contributed by atoms with Crippen LogP contribution in [0.3, 0.4) is 0 Å². The number of benzene rings is 1. The molecule has 72 valence electrons. The van der Waals surface area contributed by atoms with Crippen LogP contribution < -0.4 is 0 Å². The van der Waals surface area contributed by atoms with Crippen molar-refractivity contribution in [3.05, 3.63) is 29.3 Å². The van der Waals surface area contributed by atoms with E-state index in [4.69, 9.17) is 0 Å². The minimum absolute atomic E-state index is 0.423. The van der Waals surface area contributed by atoms with Gasteiger partial charge in [-0.15, -0.1) is 11.3 Å². The number of rotatable bonds is 2. The molecule has 0 bridgehead atoms. The zero-order valence-electron chi connectivity index (χ0n) is 7.73. The van der Waals surface area contributed by atoms with E-state index in [2.05, 4.69) is 11.1 Å². The molecule has 1 N–H and O–H groups in total. The summed E-state index contributed by atoms with van der Waals surface area (Å²) in [5.74, 6) is 0. The summed E-state index contributed by atoms with van der Waals surface area (Å²) in [5, 5.41) is 10.8. The summed E-state index contributed by atoms with van der Waals surface area (Å²) in [6.45, 7) is 0. The predicted molar refractivity (Wildman–Crippen MR) is 57.5 cm³/mol. The minimum atomic E-state index is -0.423. The third-order valence-corrected chi connectivity index (χ3v) is 3.68. The topological polar surface area (TPSA) is 33.1 Å². The molecule has 0 radical (unpaired) electrons. The summed E-state index contributed by atoms with van der Waals surface area (Å²) in [7, 11) is 0. The summed E-state index contributed by atoms with van der Waals surface area (Å²) < 4.78 is 1.21. The van der Waals surface area contributed by atoms with E-state index in [0.717, 1.165) is 29.8 Å². The van der Waals surface area contributed by atoms with Crippen LogP contribution in [0.1, 0.15) is 17.8 Å². The fourth-order valence-electron chi connectivity index (χ4n) is 1.60. The van der Waals surface area contributed by atoms with Gasteiger partial charge in [0.25, 0.3) is 0 Å². The van der Waals surface area contributed by atoms with Gasteiger partial charge < -0.3 is 5.11 Å². The highest BCUT2D eigenvalue weighted by atomic mass is 32.1. The molecule has 2 aromatic rings. The average molecular weight is 205 g/mol. The molecule has 0 atom stereocenters. The van der Waals surface area contributed by atoms with Gasteiger partial charge in [-0.1, -0.05) is 12.1 Å². The van der Waals surface area contributed by atoms with E-state index in [-0.39, 0.29) is 0 Å². The van der Waals surface area contributed by atoms with Crippen molar-refractivity contribution in [1.82, 2.24) is 4.98 Å². The fraction of sp³-hybridized carbons (Fsp3) is 0.364. The van der Waals surface area contributed by atoms with Crippen LogP contribution in [0.2, 0.25) is 0 Å². The number of hydrogen-bond acceptors (Lipinski definition) is 3. The summed E-state index contributed by atoms with van der Waals surface area (Å²) in [5.41, 5.74) is 0.630. The van der Waals surface area contributed by atoms with E-state index >= 15 is 0 Å². The first-order valence-corrected chi connectivity index (χ1v) is 5.64. The molecule has 0 aliphatic heterocycles. The van der Waals surface area contributed by atoms with Crippen LogP contribution >= 0.6 is 11.3 Å². The molecule has 0 saturated heterocycles. The van der Waals surface area contributed by atoms with Crippen LogP contribution in [0.25, 0.3) is 10.2 Å². The second-order valence-corrected chi connectivity index (χ2v) is 5.09. The van der Waals surface area contributed by atoms with Crippen molar-refractivity contribution >= 4 is 21.6 Å². The average Bonchev–Trinajstić information content (AvgIpc) is 2.77. The first kappa shape index (κ1) is 8.38. The lowest BCUT2D eigenvalue weighted by atomic mass is 10.2. The van der Waals surface area contributed by atoms with Crippen LogP contribution in [0.4, 0.5) is 0 Å². The van der Waals surface area contributed by atoms with Gasteiger partial charge in [0.05, 0.1) is 20.8 Å². The lowest BCUT2D eigenvalue weighted by Gasteiger charge is -2.01. The molecular formula is C11H11NOS. The summed E-state index contributed by atoms with van der Waals surface area (Å²) in [6, 6.07) is 8.12. The molecule has 1 fully saturated rings. The number of thiazole rings is 1. The van der Waals surface area contributed by atoms with Crippen LogP contribution in [-0.4, -0.2) is 15.7 Å². The fourth-order valence-corrected chi connectivity index (χ4v) is 2.70. The van der Waals surface area contributed by atoms with E-state index in [1.54, 1.807) is 11.3 Å². The largest absolute Gasteiger partial charge is 0.389 e. The molecule has 1 aliphatic rings. The van der Waals surface area contributed by atoms with Gasteiger partial charge in [0, 0.05) is 6.42 Å². The normalized spacial score (nSPS) is 18.6. The maximum absolute atomic E-state index is 9.77. The van der Waals surface area contributed by atoms with Gasteiger partial charge in [0.15, 0.2) is 0 Å². The van der Waals surface area contributed by atoms with E-state index in [1.807, 2.05) is 18.2 Å². The second kappa shape index (κ2) is 2.78. The third kappa shape index (κ3) is 1.42. The van der Waals surface area contributed by atoms with Gasteiger partial charge in [-0.2, -0.15) is 0 Å². The molecule has 3 rings (SSSR count). The maximum Gasteiger partial charge on any atom is 0.0967 e. The van der Waals surface area contributed by atoms with Gasteiger partial charge >= 0.3 is 0 Å². The molecule has 1 aromatic carbocycles. The number of para-hydroxylation sites is 1. The van der Waals surface area contributed by atoms with E-state index in [9.17, 15) is 5.11 Å². The van der Waals surface area contributed by atoms with Gasteiger partial charge in [-0.25, -0.2) is 4.98 Å². The number of fused-ring (bicyclic) bond motifs is 1. The molecule has 1 heterocycles. The summed E-state index contributed by atoms with van der Waals surface area (Å²) in [4.78, 5) is 4.50. The van der Waals surface area contributed by atoms with Crippen molar-refractivity contribution < 1.29 is 5.11 Å². The molecule has 0 spiro atoms. The van der Waals surface area contributed by atoms with Crippen molar-refractivity contribution in [3.63, 3.8) is 0 Å². The first-order chi connectivity index (χ1) is 6.75. The highest BCUT2D eigenvalue weighted by molar-refractivity contribution is 7.18. The second-order valence-electron chi connectivity index (χ2n) is 3.98. The zero-order chi connectivity index (χ0) is 9.60. The van der Waals surface area contributed by atoms with Gasteiger partial charge in [0.1, 0.15) is 0 Å². The highest BCUT2D eigenvalue weighted by Crippen LogP contribution is 2.39. The SMILES string of the molecule is OC1(Cc2nc3ccccc3s2)CC1. The number of nitrogens with zero attached hydrogens (tertiary/aromatic N) is 1. The Kier molecular flexibility index (Phi) is 1.66. The van der Waals surface area contributed by atoms with E-state index in [1.165, 1.54) is 4.70 Å². The predicted octanol–water partition coefficient (Wildman–Crippen LogP) is 2.36. The maximum atomic E-state index is 9.77. The Morgan fingerprint density at radius 1 is 1.36 bits per heavy atom. The van der Waals surface area contributed by atoms with Gasteiger partial charge in [0.2, 0.25) is 0 Å². The standard InChI is InChI=1S/C11H11NOS/c13-11(5-6-11)7-10-12-8-3-1-2-4-9(8)14-10/h1-4,13H,5-7H2. The Morgan fingerprint density at radius 2 is 2.14 bits per heavy atom. The van der Waals surface area contributed by atoms with E-state index < -0.39 is 5.60 Å². The Balaban J connectivity index is 1.98. The van der Waals surface area contributed by atoms with Crippen molar-refractivity contribution in [1.29, 1.82) is 0 Å². The zero-order valence-corrected chi connectivity index (χ0v) is 8.55. The molecule has 14 heavy (non-hydrogen) atoms. The lowest BCUT2D eigenvalue weighted by molar-refractivity contribution is 0.151. The smallest absolute Gasteiger partial charge is 0.0967 e. The minimum Gasteiger partial charge on any atom is -0.389 e. The summed E-state index contributed by atoms with van der Waals surface area (Å²) >= 11 is 1.69. The quantitative estimate of drug-likeness (QED) is 0.816.